The predicted molar refractivity (Wildman–Crippen MR) is 112 cm³/mol. The van der Waals surface area contributed by atoms with E-state index in [0.717, 1.165) is 0 Å². The first-order valence-corrected chi connectivity index (χ1v) is 9.97. The second-order valence-corrected chi connectivity index (χ2v) is 7.87. The largest absolute Gasteiger partial charge is 0.326 e. The molecule has 1 aliphatic heterocycles. The minimum Gasteiger partial charge on any atom is -0.326 e. The lowest BCUT2D eigenvalue weighted by Crippen LogP contribution is -2.33. The molecule has 1 saturated heterocycles. The third-order valence-electron chi connectivity index (χ3n) is 3.84. The zero-order valence-electron chi connectivity index (χ0n) is 14.5. The number of hydrogen-bond acceptors (Lipinski definition) is 4. The van der Waals surface area contributed by atoms with E-state index in [4.69, 9.17) is 23.2 Å². The van der Waals surface area contributed by atoms with Gasteiger partial charge in [-0.05, 0) is 37.3 Å². The molecule has 1 atom stereocenters. The Labute approximate surface area is 171 Å². The second-order valence-electron chi connectivity index (χ2n) is 5.83. The number of nitrogens with zero attached hydrogens (tertiary/aromatic N) is 2. The topological polar surface area (TPSA) is 61.8 Å². The number of halogens is 2. The minimum absolute atomic E-state index is 0.0736. The van der Waals surface area contributed by atoms with Gasteiger partial charge in [0, 0.05) is 28.7 Å². The number of carbonyl (C=O) groups is 2. The van der Waals surface area contributed by atoms with Gasteiger partial charge in [0.15, 0.2) is 5.17 Å². The van der Waals surface area contributed by atoms with Gasteiger partial charge in [-0.1, -0.05) is 53.2 Å². The van der Waals surface area contributed by atoms with Gasteiger partial charge in [0.05, 0.1) is 5.69 Å². The lowest BCUT2D eigenvalue weighted by atomic mass is 10.2. The predicted octanol–water partition coefficient (Wildman–Crippen LogP) is 4.97. The summed E-state index contributed by atoms with van der Waals surface area (Å²) >= 11 is 13.3. The van der Waals surface area contributed by atoms with Gasteiger partial charge in [0.1, 0.15) is 5.25 Å². The summed E-state index contributed by atoms with van der Waals surface area (Å²) < 4.78 is 0. The van der Waals surface area contributed by atoms with E-state index in [0.29, 0.717) is 33.1 Å². The van der Waals surface area contributed by atoms with Crippen LogP contribution in [0.4, 0.5) is 11.4 Å². The van der Waals surface area contributed by atoms with E-state index in [1.54, 1.807) is 35.2 Å². The van der Waals surface area contributed by atoms with Crippen molar-refractivity contribution in [2.45, 2.75) is 18.6 Å². The molecule has 3 rings (SSSR count). The highest BCUT2D eigenvalue weighted by Crippen LogP contribution is 2.33. The SMILES string of the molecule is CCN1C(=O)C(CC(=O)Nc2ccccc2)SC1=Nc1cc(Cl)cc(Cl)c1. The van der Waals surface area contributed by atoms with E-state index in [1.165, 1.54) is 11.8 Å². The summed E-state index contributed by atoms with van der Waals surface area (Å²) in [5, 5.41) is 3.77. The fourth-order valence-electron chi connectivity index (χ4n) is 2.63. The van der Waals surface area contributed by atoms with Gasteiger partial charge in [-0.2, -0.15) is 0 Å². The third kappa shape index (κ3) is 5.03. The van der Waals surface area contributed by atoms with Gasteiger partial charge in [-0.15, -0.1) is 0 Å². The van der Waals surface area contributed by atoms with Crippen LogP contribution in [0.5, 0.6) is 0 Å². The summed E-state index contributed by atoms with van der Waals surface area (Å²) in [6.07, 6.45) is 0.0736. The maximum Gasteiger partial charge on any atom is 0.242 e. The Kier molecular flexibility index (Phi) is 6.42. The van der Waals surface area contributed by atoms with Crippen molar-refractivity contribution >= 4 is 63.3 Å². The standard InChI is InChI=1S/C19H17Cl2N3O2S/c1-2-24-18(26)16(11-17(25)22-14-6-4-3-5-7-14)27-19(24)23-15-9-12(20)8-13(21)10-15/h3-10,16H,2,11H2,1H3,(H,22,25). The Balaban J connectivity index is 1.74. The van der Waals surface area contributed by atoms with Crippen LogP contribution in [0.2, 0.25) is 10.0 Å². The Bertz CT molecular complexity index is 870. The summed E-state index contributed by atoms with van der Waals surface area (Å²) in [7, 11) is 0. The van der Waals surface area contributed by atoms with Crippen LogP contribution in [0.25, 0.3) is 0 Å². The molecular formula is C19H17Cl2N3O2S. The number of nitrogens with one attached hydrogen (secondary N) is 1. The molecule has 1 unspecified atom stereocenters. The van der Waals surface area contributed by atoms with Crippen LogP contribution >= 0.6 is 35.0 Å². The molecule has 1 N–H and O–H groups in total. The molecule has 0 spiro atoms. The normalized spacial score (nSPS) is 18.2. The molecule has 8 heteroatoms. The van der Waals surface area contributed by atoms with E-state index in [2.05, 4.69) is 10.3 Å². The number of carbonyl (C=O) groups excluding carboxylic acids is 2. The number of aliphatic imine (C=N–C) groups is 1. The third-order valence-corrected chi connectivity index (χ3v) is 5.45. The lowest BCUT2D eigenvalue weighted by molar-refractivity contribution is -0.128. The van der Waals surface area contributed by atoms with Crippen molar-refractivity contribution in [2.24, 2.45) is 4.99 Å². The molecule has 1 heterocycles. The highest BCUT2D eigenvalue weighted by atomic mass is 35.5. The van der Waals surface area contributed by atoms with E-state index in [1.807, 2.05) is 25.1 Å². The van der Waals surface area contributed by atoms with E-state index < -0.39 is 5.25 Å². The summed E-state index contributed by atoms with van der Waals surface area (Å²) in [6, 6.07) is 14.1. The number of benzene rings is 2. The molecule has 2 aromatic rings. The summed E-state index contributed by atoms with van der Waals surface area (Å²) in [5.41, 5.74) is 1.27. The summed E-state index contributed by atoms with van der Waals surface area (Å²) in [6.45, 7) is 2.33. The number of para-hydroxylation sites is 1. The van der Waals surface area contributed by atoms with Crippen LogP contribution in [0, 0.1) is 0 Å². The minimum atomic E-state index is -0.512. The molecule has 1 aliphatic rings. The highest BCUT2D eigenvalue weighted by molar-refractivity contribution is 8.15. The number of amidine groups is 1. The molecule has 1 fully saturated rings. The molecule has 0 saturated carbocycles. The molecule has 2 amide bonds. The van der Waals surface area contributed by atoms with Gasteiger partial charge < -0.3 is 5.32 Å². The molecule has 27 heavy (non-hydrogen) atoms. The number of anilines is 1. The molecule has 0 aliphatic carbocycles. The Hall–Kier alpha value is -2.02. The molecular weight excluding hydrogens is 405 g/mol. The van der Waals surface area contributed by atoms with Crippen LogP contribution < -0.4 is 5.32 Å². The summed E-state index contributed by atoms with van der Waals surface area (Å²) in [5.74, 6) is -0.340. The first-order valence-electron chi connectivity index (χ1n) is 8.34. The molecule has 0 aromatic heterocycles. The van der Waals surface area contributed by atoms with Crippen molar-refractivity contribution in [1.29, 1.82) is 0 Å². The van der Waals surface area contributed by atoms with E-state index in [-0.39, 0.29) is 18.2 Å². The monoisotopic (exact) mass is 421 g/mol. The molecule has 140 valence electrons. The molecule has 0 radical (unpaired) electrons. The average molecular weight is 422 g/mol. The van der Waals surface area contributed by atoms with E-state index >= 15 is 0 Å². The highest BCUT2D eigenvalue weighted by Gasteiger charge is 2.38. The Morgan fingerprint density at radius 1 is 1.19 bits per heavy atom. The van der Waals surface area contributed by atoms with Gasteiger partial charge in [-0.3, -0.25) is 14.5 Å². The Morgan fingerprint density at radius 3 is 2.48 bits per heavy atom. The molecule has 2 aromatic carbocycles. The molecule has 5 nitrogen and oxygen atoms in total. The summed E-state index contributed by atoms with van der Waals surface area (Å²) in [4.78, 5) is 31.0. The quantitative estimate of drug-likeness (QED) is 0.740. The number of hydrogen-bond donors (Lipinski definition) is 1. The number of thioether (sulfide) groups is 1. The van der Waals surface area contributed by atoms with Crippen LogP contribution in [0.15, 0.2) is 53.5 Å². The number of amides is 2. The van der Waals surface area contributed by atoms with Gasteiger partial charge in [-0.25, -0.2) is 4.99 Å². The zero-order valence-corrected chi connectivity index (χ0v) is 16.8. The van der Waals surface area contributed by atoms with Crippen molar-refractivity contribution in [3.8, 4) is 0 Å². The lowest BCUT2D eigenvalue weighted by Gasteiger charge is -2.13. The molecule has 0 bridgehead atoms. The van der Waals surface area contributed by atoms with Crippen LogP contribution in [-0.2, 0) is 9.59 Å². The van der Waals surface area contributed by atoms with Crippen LogP contribution in [0.1, 0.15) is 13.3 Å². The van der Waals surface area contributed by atoms with Gasteiger partial charge in [0.25, 0.3) is 0 Å². The number of rotatable bonds is 5. The van der Waals surface area contributed by atoms with Crippen molar-refractivity contribution in [3.05, 3.63) is 58.6 Å². The maximum atomic E-state index is 12.7. The fraction of sp³-hybridized carbons (Fsp3) is 0.211. The van der Waals surface area contributed by atoms with Crippen LogP contribution in [0.3, 0.4) is 0 Å². The van der Waals surface area contributed by atoms with Gasteiger partial charge >= 0.3 is 0 Å². The van der Waals surface area contributed by atoms with Crippen molar-refractivity contribution < 1.29 is 9.59 Å². The average Bonchev–Trinajstić information content (AvgIpc) is 2.89. The van der Waals surface area contributed by atoms with Crippen molar-refractivity contribution in [1.82, 2.24) is 4.90 Å². The smallest absolute Gasteiger partial charge is 0.242 e. The zero-order chi connectivity index (χ0) is 19.4. The van der Waals surface area contributed by atoms with Gasteiger partial charge in [0.2, 0.25) is 11.8 Å². The first-order chi connectivity index (χ1) is 13.0. The second kappa shape index (κ2) is 8.78. The van der Waals surface area contributed by atoms with E-state index in [9.17, 15) is 9.59 Å². The maximum absolute atomic E-state index is 12.7. The fourth-order valence-corrected chi connectivity index (χ4v) is 4.37. The first kappa shape index (κ1) is 19.7. The van der Waals surface area contributed by atoms with Crippen LogP contribution in [-0.4, -0.2) is 33.7 Å². The Morgan fingerprint density at radius 2 is 1.85 bits per heavy atom. The van der Waals surface area contributed by atoms with Crippen molar-refractivity contribution in [3.63, 3.8) is 0 Å². The van der Waals surface area contributed by atoms with Crippen molar-refractivity contribution in [2.75, 3.05) is 11.9 Å².